The molecule has 138 valence electrons. The van der Waals surface area contributed by atoms with Crippen molar-refractivity contribution >= 4 is 17.3 Å². The van der Waals surface area contributed by atoms with Crippen LogP contribution in [-0.2, 0) is 14.3 Å². The van der Waals surface area contributed by atoms with Gasteiger partial charge in [0, 0.05) is 37.6 Å². The van der Waals surface area contributed by atoms with Crippen LogP contribution < -0.4 is 10.2 Å². The van der Waals surface area contributed by atoms with Crippen molar-refractivity contribution in [1.82, 2.24) is 4.90 Å². The maximum absolute atomic E-state index is 12.6. The largest absolute Gasteiger partial charge is 0.378 e. The summed E-state index contributed by atoms with van der Waals surface area (Å²) in [6.45, 7) is 11.0. The van der Waals surface area contributed by atoms with Crippen molar-refractivity contribution in [2.24, 2.45) is 0 Å². The van der Waals surface area contributed by atoms with Gasteiger partial charge in [0.1, 0.15) is 0 Å². The normalized spacial score (nSPS) is 26.3. The molecule has 1 aromatic rings. The van der Waals surface area contributed by atoms with Crippen LogP contribution in [0.15, 0.2) is 24.3 Å². The molecule has 25 heavy (non-hydrogen) atoms. The number of rotatable bonds is 4. The van der Waals surface area contributed by atoms with Crippen LogP contribution in [0.1, 0.15) is 20.8 Å². The molecular weight excluding hydrogens is 318 g/mol. The molecule has 1 aromatic carbocycles. The average molecular weight is 347 g/mol. The molecule has 2 aliphatic rings. The molecule has 0 aromatic heterocycles. The third-order valence-electron chi connectivity index (χ3n) is 4.89. The lowest BCUT2D eigenvalue weighted by atomic mass is 10.1. The van der Waals surface area contributed by atoms with Crippen LogP contribution in [0.3, 0.4) is 0 Å². The van der Waals surface area contributed by atoms with Gasteiger partial charge in [0.05, 0.1) is 31.5 Å². The lowest BCUT2D eigenvalue weighted by Crippen LogP contribution is -2.52. The molecular formula is C19H29N3O3. The second kappa shape index (κ2) is 8.17. The zero-order valence-corrected chi connectivity index (χ0v) is 15.4. The Bertz CT molecular complexity index is 562. The Morgan fingerprint density at radius 1 is 1.12 bits per heavy atom. The van der Waals surface area contributed by atoms with Crippen molar-refractivity contribution < 1.29 is 14.3 Å². The molecule has 1 N–H and O–H groups in total. The first kappa shape index (κ1) is 18.2. The van der Waals surface area contributed by atoms with Crippen LogP contribution in [0.4, 0.5) is 11.4 Å². The molecule has 0 spiro atoms. The number of morpholine rings is 2. The molecule has 0 aliphatic carbocycles. The van der Waals surface area contributed by atoms with E-state index in [0.29, 0.717) is 0 Å². The highest BCUT2D eigenvalue weighted by atomic mass is 16.5. The maximum Gasteiger partial charge on any atom is 0.241 e. The fourth-order valence-corrected chi connectivity index (χ4v) is 3.52. The van der Waals surface area contributed by atoms with E-state index in [1.54, 1.807) is 0 Å². The quantitative estimate of drug-likeness (QED) is 0.902. The highest BCUT2D eigenvalue weighted by molar-refractivity contribution is 5.94. The minimum atomic E-state index is -0.173. The molecule has 3 atom stereocenters. The molecule has 0 saturated carbocycles. The number of anilines is 2. The topological polar surface area (TPSA) is 54.0 Å². The molecule has 2 saturated heterocycles. The van der Waals surface area contributed by atoms with Gasteiger partial charge in [-0.05, 0) is 45.0 Å². The van der Waals surface area contributed by atoms with Gasteiger partial charge in [0.15, 0.2) is 0 Å². The van der Waals surface area contributed by atoms with Crippen LogP contribution >= 0.6 is 0 Å². The van der Waals surface area contributed by atoms with E-state index in [1.165, 1.54) is 5.69 Å². The summed E-state index contributed by atoms with van der Waals surface area (Å²) in [6.07, 6.45) is 0.318. The Hall–Kier alpha value is -1.63. The third kappa shape index (κ3) is 4.71. The van der Waals surface area contributed by atoms with Crippen molar-refractivity contribution in [2.75, 3.05) is 49.6 Å². The van der Waals surface area contributed by atoms with Crippen LogP contribution in [-0.4, -0.2) is 68.4 Å². The Kier molecular flexibility index (Phi) is 5.93. The Morgan fingerprint density at radius 3 is 2.32 bits per heavy atom. The smallest absolute Gasteiger partial charge is 0.241 e. The van der Waals surface area contributed by atoms with Crippen LogP contribution in [0.25, 0.3) is 0 Å². The van der Waals surface area contributed by atoms with Gasteiger partial charge in [-0.15, -0.1) is 0 Å². The molecule has 3 rings (SSSR count). The first-order valence-electron chi connectivity index (χ1n) is 9.16. The summed E-state index contributed by atoms with van der Waals surface area (Å²) >= 11 is 0. The number of benzene rings is 1. The predicted octanol–water partition coefficient (Wildman–Crippen LogP) is 1.96. The number of amides is 1. The summed E-state index contributed by atoms with van der Waals surface area (Å²) in [5.74, 6) is 0.0282. The Balaban J connectivity index is 1.56. The lowest BCUT2D eigenvalue weighted by molar-refractivity contribution is -0.126. The Labute approximate surface area is 150 Å². The van der Waals surface area contributed by atoms with E-state index in [9.17, 15) is 4.79 Å². The van der Waals surface area contributed by atoms with Gasteiger partial charge >= 0.3 is 0 Å². The average Bonchev–Trinajstić information content (AvgIpc) is 2.61. The van der Waals surface area contributed by atoms with Gasteiger partial charge in [-0.25, -0.2) is 0 Å². The number of nitrogens with one attached hydrogen (secondary N) is 1. The van der Waals surface area contributed by atoms with E-state index >= 15 is 0 Å². The number of hydrogen-bond donors (Lipinski definition) is 1. The molecule has 6 nitrogen and oxygen atoms in total. The van der Waals surface area contributed by atoms with Crippen molar-refractivity contribution in [1.29, 1.82) is 0 Å². The van der Waals surface area contributed by atoms with Crippen molar-refractivity contribution in [3.63, 3.8) is 0 Å². The minimum Gasteiger partial charge on any atom is -0.378 e. The maximum atomic E-state index is 12.6. The van der Waals surface area contributed by atoms with Gasteiger partial charge in [-0.2, -0.15) is 0 Å². The van der Waals surface area contributed by atoms with E-state index in [-0.39, 0.29) is 24.2 Å². The number of nitrogens with zero attached hydrogens (tertiary/aromatic N) is 2. The summed E-state index contributed by atoms with van der Waals surface area (Å²) in [4.78, 5) is 17.1. The van der Waals surface area contributed by atoms with Crippen molar-refractivity contribution in [3.05, 3.63) is 24.3 Å². The summed E-state index contributed by atoms with van der Waals surface area (Å²) in [7, 11) is 0. The summed E-state index contributed by atoms with van der Waals surface area (Å²) in [6, 6.07) is 7.89. The first-order chi connectivity index (χ1) is 12.0. The molecule has 2 fully saturated rings. The highest BCUT2D eigenvalue weighted by Gasteiger charge is 2.29. The van der Waals surface area contributed by atoms with E-state index in [4.69, 9.17) is 9.47 Å². The van der Waals surface area contributed by atoms with E-state index in [0.717, 1.165) is 45.1 Å². The summed E-state index contributed by atoms with van der Waals surface area (Å²) < 4.78 is 11.1. The van der Waals surface area contributed by atoms with Crippen LogP contribution in [0.2, 0.25) is 0 Å². The Morgan fingerprint density at radius 2 is 1.72 bits per heavy atom. The van der Waals surface area contributed by atoms with Gasteiger partial charge < -0.3 is 19.7 Å². The second-order valence-corrected chi connectivity index (χ2v) is 7.02. The van der Waals surface area contributed by atoms with Crippen LogP contribution in [0, 0.1) is 0 Å². The molecule has 1 amide bonds. The second-order valence-electron chi connectivity index (χ2n) is 7.02. The first-order valence-corrected chi connectivity index (χ1v) is 9.16. The fourth-order valence-electron chi connectivity index (χ4n) is 3.52. The number of ether oxygens (including phenoxy) is 2. The standard InChI is InChI=1S/C19H29N3O3/c1-14-12-22(13-15(2)25-14)16(3)19(23)20-17-4-6-18(7-5-17)21-8-10-24-11-9-21/h4-7,14-16H,8-13H2,1-3H3,(H,20,23)/t14-,15-,16+/m1/s1. The van der Waals surface area contributed by atoms with E-state index in [1.807, 2.05) is 19.1 Å². The monoisotopic (exact) mass is 347 g/mol. The van der Waals surface area contributed by atoms with E-state index < -0.39 is 0 Å². The zero-order valence-electron chi connectivity index (χ0n) is 15.4. The molecule has 0 bridgehead atoms. The fraction of sp³-hybridized carbons (Fsp3) is 0.632. The SMILES string of the molecule is C[C@@H]1CN([C@@H](C)C(=O)Nc2ccc(N3CCOCC3)cc2)C[C@@H](C)O1. The van der Waals surface area contributed by atoms with Crippen molar-refractivity contribution in [2.45, 2.75) is 39.0 Å². The molecule has 6 heteroatoms. The highest BCUT2D eigenvalue weighted by Crippen LogP contribution is 2.20. The van der Waals surface area contributed by atoms with Crippen LogP contribution in [0.5, 0.6) is 0 Å². The molecule has 2 aliphatic heterocycles. The predicted molar refractivity (Wildman–Crippen MR) is 99.1 cm³/mol. The summed E-state index contributed by atoms with van der Waals surface area (Å²) in [5.41, 5.74) is 2.01. The molecule has 0 radical (unpaired) electrons. The third-order valence-corrected chi connectivity index (χ3v) is 4.89. The molecule has 2 heterocycles. The van der Waals surface area contributed by atoms with Gasteiger partial charge in [0.2, 0.25) is 5.91 Å². The summed E-state index contributed by atoms with van der Waals surface area (Å²) in [5, 5.41) is 3.03. The van der Waals surface area contributed by atoms with E-state index in [2.05, 4.69) is 41.1 Å². The number of hydrogen-bond acceptors (Lipinski definition) is 5. The van der Waals surface area contributed by atoms with Gasteiger partial charge in [-0.1, -0.05) is 0 Å². The lowest BCUT2D eigenvalue weighted by Gasteiger charge is -2.38. The van der Waals surface area contributed by atoms with Gasteiger partial charge in [0.25, 0.3) is 0 Å². The molecule has 0 unspecified atom stereocenters. The number of carbonyl (C=O) groups is 1. The van der Waals surface area contributed by atoms with Gasteiger partial charge in [-0.3, -0.25) is 9.69 Å². The minimum absolute atomic E-state index is 0.0282. The van der Waals surface area contributed by atoms with Crippen molar-refractivity contribution in [3.8, 4) is 0 Å². The number of carbonyl (C=O) groups excluding carboxylic acids is 1. The zero-order chi connectivity index (χ0) is 17.8.